The van der Waals surface area contributed by atoms with Gasteiger partial charge in [0.2, 0.25) is 5.95 Å². The molecule has 1 aliphatic rings. The zero-order chi connectivity index (χ0) is 18.1. The minimum atomic E-state index is -0.730. The Morgan fingerprint density at radius 2 is 2.12 bits per heavy atom. The van der Waals surface area contributed by atoms with Gasteiger partial charge in [-0.05, 0) is 25.1 Å². The van der Waals surface area contributed by atoms with Crippen molar-refractivity contribution in [2.75, 3.05) is 10.6 Å². The van der Waals surface area contributed by atoms with Crippen LogP contribution in [0.5, 0.6) is 0 Å². The molecule has 2 N–H and O–H groups in total. The first-order valence-corrected chi connectivity index (χ1v) is 7.98. The summed E-state index contributed by atoms with van der Waals surface area (Å²) in [5.41, 5.74) is 1.84. The zero-order valence-corrected chi connectivity index (χ0v) is 13.8. The third-order valence-corrected chi connectivity index (χ3v) is 4.16. The number of carbonyl (C=O) groups excluding carboxylic acids is 1. The number of nitrogens with one attached hydrogen (secondary N) is 2. The molecule has 4 rings (SSSR count). The van der Waals surface area contributed by atoms with Gasteiger partial charge in [-0.2, -0.15) is 10.1 Å². The van der Waals surface area contributed by atoms with E-state index in [9.17, 15) is 9.18 Å². The number of anilines is 2. The van der Waals surface area contributed by atoms with Crippen LogP contribution in [0.3, 0.4) is 0 Å². The normalized spacial score (nSPS) is 16.0. The average molecular weight is 350 g/mol. The summed E-state index contributed by atoms with van der Waals surface area (Å²) >= 11 is 0. The van der Waals surface area contributed by atoms with Gasteiger partial charge in [0, 0.05) is 17.5 Å². The molecule has 1 aliphatic heterocycles. The SMILES string of the molecule is CC1=C(C(=O)Nc2cccnc2)C(c2ccccc2F)n2ncnc2N1. The Morgan fingerprint density at radius 3 is 2.88 bits per heavy atom. The monoisotopic (exact) mass is 350 g/mol. The van der Waals surface area contributed by atoms with Crippen LogP contribution in [0.15, 0.2) is 66.4 Å². The predicted octanol–water partition coefficient (Wildman–Crippen LogP) is 2.74. The van der Waals surface area contributed by atoms with E-state index in [1.165, 1.54) is 17.1 Å². The van der Waals surface area contributed by atoms with Gasteiger partial charge in [0.05, 0.1) is 17.5 Å². The van der Waals surface area contributed by atoms with E-state index in [1.807, 2.05) is 0 Å². The Labute approximate surface area is 148 Å². The standard InChI is InChI=1S/C18H15FN6O/c1-11-15(17(26)24-12-5-4-8-20-9-12)16(13-6-2-3-7-14(13)19)25-18(23-11)21-10-22-25/h2-10,16H,1H3,(H,24,26)(H,21,22,23). The summed E-state index contributed by atoms with van der Waals surface area (Å²) in [4.78, 5) is 21.1. The van der Waals surface area contributed by atoms with E-state index >= 15 is 0 Å². The quantitative estimate of drug-likeness (QED) is 0.759. The molecule has 2 aromatic heterocycles. The molecule has 0 saturated heterocycles. The number of aromatic nitrogens is 4. The van der Waals surface area contributed by atoms with Gasteiger partial charge in [0.15, 0.2) is 0 Å². The van der Waals surface area contributed by atoms with Crippen molar-refractivity contribution in [3.63, 3.8) is 0 Å². The number of allylic oxidation sites excluding steroid dienone is 1. The van der Waals surface area contributed by atoms with Crippen LogP contribution in [0.4, 0.5) is 16.0 Å². The summed E-state index contributed by atoms with van der Waals surface area (Å²) in [7, 11) is 0. The van der Waals surface area contributed by atoms with Crippen LogP contribution in [-0.4, -0.2) is 25.7 Å². The van der Waals surface area contributed by atoms with Gasteiger partial charge in [0.25, 0.3) is 5.91 Å². The lowest BCUT2D eigenvalue weighted by Crippen LogP contribution is -2.32. The Balaban J connectivity index is 1.80. The van der Waals surface area contributed by atoms with Crippen LogP contribution < -0.4 is 10.6 Å². The highest BCUT2D eigenvalue weighted by Gasteiger charge is 2.34. The Bertz CT molecular complexity index is 998. The Kier molecular flexibility index (Phi) is 3.92. The number of halogens is 1. The number of amides is 1. The second kappa shape index (κ2) is 6.40. The van der Waals surface area contributed by atoms with E-state index in [2.05, 4.69) is 25.7 Å². The molecule has 3 heterocycles. The molecule has 0 spiro atoms. The average Bonchev–Trinajstić information content (AvgIpc) is 3.10. The van der Waals surface area contributed by atoms with Crippen molar-refractivity contribution in [2.45, 2.75) is 13.0 Å². The van der Waals surface area contributed by atoms with E-state index in [0.29, 0.717) is 28.5 Å². The number of fused-ring (bicyclic) bond motifs is 1. The van der Waals surface area contributed by atoms with Crippen LogP contribution in [-0.2, 0) is 4.79 Å². The number of pyridine rings is 1. The molecule has 1 amide bonds. The maximum absolute atomic E-state index is 14.5. The molecule has 7 nitrogen and oxygen atoms in total. The number of carbonyl (C=O) groups is 1. The van der Waals surface area contributed by atoms with E-state index < -0.39 is 11.9 Å². The molecular formula is C18H15FN6O. The van der Waals surface area contributed by atoms with E-state index in [0.717, 1.165) is 0 Å². The van der Waals surface area contributed by atoms with E-state index in [-0.39, 0.29) is 5.91 Å². The highest BCUT2D eigenvalue weighted by Crippen LogP contribution is 2.36. The molecule has 0 radical (unpaired) electrons. The first kappa shape index (κ1) is 15.9. The molecule has 0 aliphatic carbocycles. The second-order valence-corrected chi connectivity index (χ2v) is 5.81. The van der Waals surface area contributed by atoms with Crippen LogP contribution in [0, 0.1) is 5.82 Å². The van der Waals surface area contributed by atoms with Gasteiger partial charge < -0.3 is 10.6 Å². The number of hydrogen-bond acceptors (Lipinski definition) is 5. The van der Waals surface area contributed by atoms with Gasteiger partial charge >= 0.3 is 0 Å². The lowest BCUT2D eigenvalue weighted by Gasteiger charge is -2.28. The Morgan fingerprint density at radius 1 is 1.27 bits per heavy atom. The van der Waals surface area contributed by atoms with Crippen molar-refractivity contribution in [2.24, 2.45) is 0 Å². The van der Waals surface area contributed by atoms with Gasteiger partial charge in [-0.15, -0.1) is 0 Å². The first-order chi connectivity index (χ1) is 12.6. The third-order valence-electron chi connectivity index (χ3n) is 4.16. The van der Waals surface area contributed by atoms with Crippen molar-refractivity contribution in [1.29, 1.82) is 0 Å². The molecule has 1 aromatic carbocycles. The fourth-order valence-corrected chi connectivity index (χ4v) is 3.00. The molecule has 130 valence electrons. The highest BCUT2D eigenvalue weighted by atomic mass is 19.1. The summed E-state index contributed by atoms with van der Waals surface area (Å²) in [5, 5.41) is 10.0. The summed E-state index contributed by atoms with van der Waals surface area (Å²) < 4.78 is 16.0. The molecule has 1 atom stereocenters. The fourth-order valence-electron chi connectivity index (χ4n) is 3.00. The molecule has 1 unspecified atom stereocenters. The zero-order valence-electron chi connectivity index (χ0n) is 13.8. The number of nitrogens with zero attached hydrogens (tertiary/aromatic N) is 4. The summed E-state index contributed by atoms with van der Waals surface area (Å²) in [6.45, 7) is 1.75. The lowest BCUT2D eigenvalue weighted by atomic mass is 9.94. The van der Waals surface area contributed by atoms with Crippen molar-refractivity contribution >= 4 is 17.5 Å². The maximum Gasteiger partial charge on any atom is 0.255 e. The van der Waals surface area contributed by atoms with Crippen LogP contribution >= 0.6 is 0 Å². The molecule has 0 saturated carbocycles. The van der Waals surface area contributed by atoms with Gasteiger partial charge in [-0.3, -0.25) is 9.78 Å². The van der Waals surface area contributed by atoms with Crippen molar-refractivity contribution < 1.29 is 9.18 Å². The second-order valence-electron chi connectivity index (χ2n) is 5.81. The smallest absolute Gasteiger partial charge is 0.255 e. The summed E-state index contributed by atoms with van der Waals surface area (Å²) in [6, 6.07) is 9.06. The van der Waals surface area contributed by atoms with Gasteiger partial charge in [-0.1, -0.05) is 18.2 Å². The number of benzene rings is 1. The first-order valence-electron chi connectivity index (χ1n) is 7.98. The highest BCUT2D eigenvalue weighted by molar-refractivity contribution is 6.05. The molecule has 0 bridgehead atoms. The maximum atomic E-state index is 14.5. The topological polar surface area (TPSA) is 84.7 Å². The molecular weight excluding hydrogens is 335 g/mol. The van der Waals surface area contributed by atoms with Crippen molar-refractivity contribution in [3.8, 4) is 0 Å². The van der Waals surface area contributed by atoms with E-state index in [1.54, 1.807) is 49.6 Å². The molecule has 0 fully saturated rings. The molecule has 8 heteroatoms. The van der Waals surface area contributed by atoms with E-state index in [4.69, 9.17) is 0 Å². The van der Waals surface area contributed by atoms with Crippen molar-refractivity contribution in [3.05, 3.63) is 77.8 Å². The largest absolute Gasteiger partial charge is 0.328 e. The summed E-state index contributed by atoms with van der Waals surface area (Å²) in [5.74, 6) is -0.327. The number of rotatable bonds is 3. The van der Waals surface area contributed by atoms with Crippen LogP contribution in [0.2, 0.25) is 0 Å². The molecule has 3 aromatic rings. The Hall–Kier alpha value is -3.55. The number of hydrogen-bond donors (Lipinski definition) is 2. The third kappa shape index (κ3) is 2.71. The minimum Gasteiger partial charge on any atom is -0.328 e. The molecule has 26 heavy (non-hydrogen) atoms. The van der Waals surface area contributed by atoms with Crippen molar-refractivity contribution in [1.82, 2.24) is 19.7 Å². The summed E-state index contributed by atoms with van der Waals surface area (Å²) in [6.07, 6.45) is 4.53. The predicted molar refractivity (Wildman–Crippen MR) is 93.8 cm³/mol. The van der Waals surface area contributed by atoms with Crippen LogP contribution in [0.1, 0.15) is 18.5 Å². The fraction of sp³-hybridized carbons (Fsp3) is 0.111. The van der Waals surface area contributed by atoms with Crippen LogP contribution in [0.25, 0.3) is 0 Å². The van der Waals surface area contributed by atoms with Gasteiger partial charge in [0.1, 0.15) is 18.2 Å². The minimum absolute atomic E-state index is 0.344. The lowest BCUT2D eigenvalue weighted by molar-refractivity contribution is -0.113. The van der Waals surface area contributed by atoms with Gasteiger partial charge in [-0.25, -0.2) is 9.07 Å².